The maximum absolute atomic E-state index is 12.6. The quantitative estimate of drug-likeness (QED) is 0.733. The summed E-state index contributed by atoms with van der Waals surface area (Å²) < 4.78 is 37.9. The molecule has 1 N–H and O–H groups in total. The highest BCUT2D eigenvalue weighted by Gasteiger charge is 2.30. The van der Waals surface area contributed by atoms with E-state index in [9.17, 15) is 13.2 Å². The van der Waals surface area contributed by atoms with Crippen LogP contribution in [-0.2, 0) is 6.18 Å². The molecule has 0 aliphatic rings. The van der Waals surface area contributed by atoms with Gasteiger partial charge in [0.2, 0.25) is 5.82 Å². The molecular weight excluding hydrogens is 259 g/mol. The van der Waals surface area contributed by atoms with Crippen molar-refractivity contribution in [3.8, 4) is 11.4 Å². The van der Waals surface area contributed by atoms with Crippen LogP contribution in [0.5, 0.6) is 0 Å². The number of aromatic amines is 1. The van der Waals surface area contributed by atoms with Gasteiger partial charge in [0, 0.05) is 17.1 Å². The van der Waals surface area contributed by atoms with Crippen molar-refractivity contribution < 1.29 is 13.2 Å². The normalized spacial score (nSPS) is 11.9. The van der Waals surface area contributed by atoms with E-state index in [4.69, 9.17) is 0 Å². The SMILES string of the molecule is FC(F)(F)c1ccc2ncc(-c3nn[nH]n3)cc2c1. The Labute approximate surface area is 104 Å². The lowest BCUT2D eigenvalue weighted by Crippen LogP contribution is -2.04. The number of tetrazole rings is 1. The fourth-order valence-corrected chi connectivity index (χ4v) is 1.71. The molecule has 8 heteroatoms. The molecule has 3 aromatic rings. The molecule has 5 nitrogen and oxygen atoms in total. The molecule has 0 aliphatic carbocycles. The number of pyridine rings is 1. The Bertz CT molecular complexity index is 721. The van der Waals surface area contributed by atoms with E-state index >= 15 is 0 Å². The topological polar surface area (TPSA) is 67.3 Å². The van der Waals surface area contributed by atoms with Crippen molar-refractivity contribution in [3.05, 3.63) is 36.0 Å². The van der Waals surface area contributed by atoms with Crippen LogP contribution < -0.4 is 0 Å². The number of alkyl halides is 3. The summed E-state index contributed by atoms with van der Waals surface area (Å²) in [6, 6.07) is 4.93. The number of hydrogen-bond acceptors (Lipinski definition) is 4. The van der Waals surface area contributed by atoms with Gasteiger partial charge in [-0.05, 0) is 29.5 Å². The van der Waals surface area contributed by atoms with Crippen molar-refractivity contribution in [3.63, 3.8) is 0 Å². The number of nitrogens with zero attached hydrogens (tertiary/aromatic N) is 4. The average molecular weight is 265 g/mol. The second-order valence-corrected chi connectivity index (χ2v) is 3.86. The van der Waals surface area contributed by atoms with Gasteiger partial charge in [0.25, 0.3) is 0 Å². The van der Waals surface area contributed by atoms with Gasteiger partial charge in [-0.1, -0.05) is 0 Å². The summed E-state index contributed by atoms with van der Waals surface area (Å²) in [6.45, 7) is 0. The largest absolute Gasteiger partial charge is 0.416 e. The first kappa shape index (κ1) is 11.6. The first-order valence-electron chi connectivity index (χ1n) is 5.25. The Morgan fingerprint density at radius 2 is 1.95 bits per heavy atom. The van der Waals surface area contributed by atoms with Crippen LogP contribution >= 0.6 is 0 Å². The fourth-order valence-electron chi connectivity index (χ4n) is 1.71. The monoisotopic (exact) mass is 265 g/mol. The number of H-pyrrole nitrogens is 1. The summed E-state index contributed by atoms with van der Waals surface area (Å²) in [5, 5.41) is 13.5. The van der Waals surface area contributed by atoms with Crippen molar-refractivity contribution in [1.82, 2.24) is 25.6 Å². The van der Waals surface area contributed by atoms with Crippen LogP contribution in [0, 0.1) is 0 Å². The summed E-state index contributed by atoms with van der Waals surface area (Å²) in [6.07, 6.45) is -2.89. The molecule has 2 heterocycles. The highest BCUT2D eigenvalue weighted by atomic mass is 19.4. The van der Waals surface area contributed by atoms with E-state index in [0.717, 1.165) is 12.1 Å². The van der Waals surface area contributed by atoms with E-state index in [1.165, 1.54) is 12.3 Å². The third kappa shape index (κ3) is 2.12. The number of rotatable bonds is 1. The van der Waals surface area contributed by atoms with Crippen LogP contribution in [0.25, 0.3) is 22.3 Å². The summed E-state index contributed by atoms with van der Waals surface area (Å²) in [5.74, 6) is 0.284. The molecule has 0 spiro atoms. The zero-order valence-corrected chi connectivity index (χ0v) is 9.31. The fraction of sp³-hybridized carbons (Fsp3) is 0.0909. The molecule has 2 aromatic heterocycles. The molecular formula is C11H6F3N5. The van der Waals surface area contributed by atoms with Gasteiger partial charge in [-0.15, -0.1) is 10.2 Å². The number of halogens is 3. The van der Waals surface area contributed by atoms with E-state index in [-0.39, 0.29) is 5.82 Å². The van der Waals surface area contributed by atoms with Crippen LogP contribution in [0.4, 0.5) is 13.2 Å². The van der Waals surface area contributed by atoms with Crippen LogP contribution in [0.1, 0.15) is 5.56 Å². The van der Waals surface area contributed by atoms with Crippen LogP contribution in [-0.4, -0.2) is 25.6 Å². The second kappa shape index (κ2) is 4.01. The Hall–Kier alpha value is -2.51. The minimum atomic E-state index is -4.38. The van der Waals surface area contributed by atoms with E-state index in [0.29, 0.717) is 16.5 Å². The maximum atomic E-state index is 12.6. The molecule has 0 amide bonds. The number of benzene rings is 1. The molecule has 0 saturated heterocycles. The van der Waals surface area contributed by atoms with Gasteiger partial charge in [0.1, 0.15) is 0 Å². The zero-order chi connectivity index (χ0) is 13.5. The van der Waals surface area contributed by atoms with Gasteiger partial charge in [-0.25, -0.2) is 0 Å². The number of aromatic nitrogens is 5. The van der Waals surface area contributed by atoms with Crippen molar-refractivity contribution in [1.29, 1.82) is 0 Å². The van der Waals surface area contributed by atoms with Gasteiger partial charge >= 0.3 is 6.18 Å². The standard InChI is InChI=1S/C11H6F3N5/c12-11(13,14)8-1-2-9-6(4-8)3-7(5-15-9)10-16-18-19-17-10/h1-5H,(H,16,17,18,19). The Morgan fingerprint density at radius 1 is 1.11 bits per heavy atom. The molecule has 0 bridgehead atoms. The summed E-state index contributed by atoms with van der Waals surface area (Å²) in [7, 11) is 0. The summed E-state index contributed by atoms with van der Waals surface area (Å²) >= 11 is 0. The summed E-state index contributed by atoms with van der Waals surface area (Å²) in [5.41, 5.74) is 0.257. The molecule has 0 unspecified atom stereocenters. The molecule has 19 heavy (non-hydrogen) atoms. The van der Waals surface area contributed by atoms with Gasteiger partial charge in [0.15, 0.2) is 0 Å². The average Bonchev–Trinajstić information content (AvgIpc) is 2.90. The third-order valence-electron chi connectivity index (χ3n) is 2.61. The number of nitrogens with one attached hydrogen (secondary N) is 1. The van der Waals surface area contributed by atoms with E-state index in [2.05, 4.69) is 25.6 Å². The van der Waals surface area contributed by atoms with Gasteiger partial charge in [-0.2, -0.15) is 18.4 Å². The highest BCUT2D eigenvalue weighted by molar-refractivity contribution is 5.83. The minimum Gasteiger partial charge on any atom is -0.255 e. The lowest BCUT2D eigenvalue weighted by atomic mass is 10.1. The molecule has 0 radical (unpaired) electrons. The second-order valence-electron chi connectivity index (χ2n) is 3.86. The van der Waals surface area contributed by atoms with E-state index in [1.807, 2.05) is 0 Å². The predicted octanol–water partition coefficient (Wildman–Crippen LogP) is 2.43. The number of hydrogen-bond donors (Lipinski definition) is 1. The third-order valence-corrected chi connectivity index (χ3v) is 2.61. The smallest absolute Gasteiger partial charge is 0.255 e. The lowest BCUT2D eigenvalue weighted by Gasteiger charge is -2.07. The number of fused-ring (bicyclic) bond motifs is 1. The molecule has 0 atom stereocenters. The van der Waals surface area contributed by atoms with Crippen LogP contribution in [0.2, 0.25) is 0 Å². The van der Waals surface area contributed by atoms with Crippen molar-refractivity contribution >= 4 is 10.9 Å². The first-order valence-corrected chi connectivity index (χ1v) is 5.25. The first-order chi connectivity index (χ1) is 9.04. The van der Waals surface area contributed by atoms with Gasteiger partial charge in [0.05, 0.1) is 11.1 Å². The Morgan fingerprint density at radius 3 is 2.63 bits per heavy atom. The zero-order valence-electron chi connectivity index (χ0n) is 9.31. The molecule has 96 valence electrons. The predicted molar refractivity (Wildman–Crippen MR) is 59.9 cm³/mol. The molecule has 0 aliphatic heterocycles. The molecule has 3 rings (SSSR count). The van der Waals surface area contributed by atoms with Crippen molar-refractivity contribution in [2.24, 2.45) is 0 Å². The Kier molecular flexibility index (Phi) is 2.44. The summed E-state index contributed by atoms with van der Waals surface area (Å²) in [4.78, 5) is 4.07. The van der Waals surface area contributed by atoms with E-state index < -0.39 is 11.7 Å². The van der Waals surface area contributed by atoms with Gasteiger partial charge in [-0.3, -0.25) is 4.98 Å². The van der Waals surface area contributed by atoms with Crippen molar-refractivity contribution in [2.45, 2.75) is 6.18 Å². The highest BCUT2D eigenvalue weighted by Crippen LogP contribution is 2.31. The van der Waals surface area contributed by atoms with E-state index in [1.54, 1.807) is 6.07 Å². The maximum Gasteiger partial charge on any atom is 0.416 e. The van der Waals surface area contributed by atoms with Crippen molar-refractivity contribution in [2.75, 3.05) is 0 Å². The van der Waals surface area contributed by atoms with Gasteiger partial charge < -0.3 is 0 Å². The lowest BCUT2D eigenvalue weighted by molar-refractivity contribution is -0.137. The molecule has 0 saturated carbocycles. The Balaban J connectivity index is 2.16. The van der Waals surface area contributed by atoms with Crippen LogP contribution in [0.15, 0.2) is 30.5 Å². The molecule has 1 aromatic carbocycles. The minimum absolute atomic E-state index is 0.284. The van der Waals surface area contributed by atoms with Crippen LogP contribution in [0.3, 0.4) is 0 Å². The molecule has 0 fully saturated rings.